The predicted octanol–water partition coefficient (Wildman–Crippen LogP) is 4.18. The van der Waals surface area contributed by atoms with E-state index in [4.69, 9.17) is 0 Å². The van der Waals surface area contributed by atoms with Crippen LogP contribution in [0.3, 0.4) is 0 Å². The van der Waals surface area contributed by atoms with Gasteiger partial charge in [0, 0.05) is 43.7 Å². The van der Waals surface area contributed by atoms with Gasteiger partial charge in [-0.2, -0.15) is 0 Å². The Morgan fingerprint density at radius 3 is 2.43 bits per heavy atom. The van der Waals surface area contributed by atoms with Crippen LogP contribution in [0, 0.1) is 13.8 Å². The summed E-state index contributed by atoms with van der Waals surface area (Å²) in [4.78, 5) is 21.7. The molecule has 0 bridgehead atoms. The molecule has 4 rings (SSSR count). The van der Waals surface area contributed by atoms with Crippen LogP contribution in [0.4, 0.5) is 5.13 Å². The molecule has 1 N–H and O–H groups in total. The zero-order chi connectivity index (χ0) is 20.9. The van der Waals surface area contributed by atoms with Crippen LogP contribution >= 0.6 is 11.3 Å². The van der Waals surface area contributed by atoms with Crippen molar-refractivity contribution in [2.24, 2.45) is 0 Å². The average molecular weight is 421 g/mol. The van der Waals surface area contributed by atoms with Crippen molar-refractivity contribution in [3.05, 3.63) is 70.6 Å². The first-order valence-electron chi connectivity index (χ1n) is 10.4. The smallest absolute Gasteiger partial charge is 0.240 e. The van der Waals surface area contributed by atoms with E-state index in [1.807, 2.05) is 5.38 Å². The van der Waals surface area contributed by atoms with E-state index in [1.54, 1.807) is 0 Å². The number of anilines is 1. The molecule has 3 aromatic rings. The van der Waals surface area contributed by atoms with Crippen LogP contribution in [0.1, 0.15) is 16.7 Å². The largest absolute Gasteiger partial charge is 0.301 e. The number of aryl methyl sites for hydroxylation is 2. The number of hydrogen-bond acceptors (Lipinski definition) is 5. The van der Waals surface area contributed by atoms with Crippen molar-refractivity contribution >= 4 is 22.4 Å². The molecule has 1 aromatic heterocycles. The number of nitrogens with zero attached hydrogens (tertiary/aromatic N) is 3. The quantitative estimate of drug-likeness (QED) is 0.650. The summed E-state index contributed by atoms with van der Waals surface area (Å²) in [6.07, 6.45) is 0. The number of carbonyl (C=O) groups is 1. The highest BCUT2D eigenvalue weighted by molar-refractivity contribution is 7.14. The van der Waals surface area contributed by atoms with E-state index in [-0.39, 0.29) is 5.91 Å². The first kappa shape index (κ1) is 20.7. The lowest BCUT2D eigenvalue weighted by molar-refractivity contribution is -0.117. The van der Waals surface area contributed by atoms with Gasteiger partial charge in [0.25, 0.3) is 0 Å². The number of thiazole rings is 1. The third-order valence-corrected chi connectivity index (χ3v) is 6.34. The Balaban J connectivity index is 1.24. The lowest BCUT2D eigenvalue weighted by Gasteiger charge is -2.34. The molecular weight excluding hydrogens is 392 g/mol. The van der Waals surface area contributed by atoms with Crippen molar-refractivity contribution in [3.63, 3.8) is 0 Å². The number of aromatic nitrogens is 1. The van der Waals surface area contributed by atoms with Crippen LogP contribution in [-0.2, 0) is 11.3 Å². The molecule has 1 aliphatic rings. The molecule has 1 saturated heterocycles. The van der Waals surface area contributed by atoms with Gasteiger partial charge in [-0.1, -0.05) is 54.1 Å². The Morgan fingerprint density at radius 1 is 1.00 bits per heavy atom. The molecule has 1 amide bonds. The maximum atomic E-state index is 12.5. The Morgan fingerprint density at radius 2 is 1.70 bits per heavy atom. The fourth-order valence-electron chi connectivity index (χ4n) is 3.68. The second-order valence-corrected chi connectivity index (χ2v) is 8.79. The first-order valence-corrected chi connectivity index (χ1v) is 11.3. The Bertz CT molecular complexity index is 990. The fourth-order valence-corrected chi connectivity index (χ4v) is 4.42. The molecule has 0 saturated carbocycles. The van der Waals surface area contributed by atoms with E-state index >= 15 is 0 Å². The van der Waals surface area contributed by atoms with Crippen LogP contribution in [0.25, 0.3) is 11.3 Å². The van der Waals surface area contributed by atoms with Crippen molar-refractivity contribution in [1.82, 2.24) is 14.8 Å². The van der Waals surface area contributed by atoms with Gasteiger partial charge in [0.2, 0.25) is 5.91 Å². The zero-order valence-corrected chi connectivity index (χ0v) is 18.4. The van der Waals surface area contributed by atoms with Crippen molar-refractivity contribution in [3.8, 4) is 11.3 Å². The fraction of sp³-hybridized carbons (Fsp3) is 0.333. The van der Waals surface area contributed by atoms with Gasteiger partial charge in [0.1, 0.15) is 0 Å². The minimum absolute atomic E-state index is 0.00663. The van der Waals surface area contributed by atoms with Gasteiger partial charge in [0.15, 0.2) is 5.13 Å². The van der Waals surface area contributed by atoms with Crippen LogP contribution in [0.15, 0.2) is 53.9 Å². The SMILES string of the molecule is Cc1ccc(-c2csc(NC(=O)CN3CCN(Cc4ccccc4C)CC3)n2)cc1. The summed E-state index contributed by atoms with van der Waals surface area (Å²) in [5.41, 5.74) is 5.92. The number of piperazine rings is 1. The van der Waals surface area contributed by atoms with E-state index < -0.39 is 0 Å². The Hall–Kier alpha value is -2.54. The number of carbonyl (C=O) groups excluding carboxylic acids is 1. The number of rotatable bonds is 6. The van der Waals surface area contributed by atoms with Crippen molar-refractivity contribution in [2.75, 3.05) is 38.0 Å². The molecule has 2 heterocycles. The molecule has 0 spiro atoms. The van der Waals surface area contributed by atoms with Gasteiger partial charge >= 0.3 is 0 Å². The Kier molecular flexibility index (Phi) is 6.57. The molecular formula is C24H28N4OS. The van der Waals surface area contributed by atoms with E-state index in [9.17, 15) is 4.79 Å². The molecule has 0 aliphatic carbocycles. The average Bonchev–Trinajstić information content (AvgIpc) is 3.20. The molecule has 1 aliphatic heterocycles. The van der Waals surface area contributed by atoms with Crippen molar-refractivity contribution < 1.29 is 4.79 Å². The third kappa shape index (κ3) is 5.33. The second-order valence-electron chi connectivity index (χ2n) is 7.93. The summed E-state index contributed by atoms with van der Waals surface area (Å²) in [7, 11) is 0. The van der Waals surface area contributed by atoms with Gasteiger partial charge in [-0.15, -0.1) is 11.3 Å². The number of amides is 1. The molecule has 0 radical (unpaired) electrons. The molecule has 6 heteroatoms. The van der Waals surface area contributed by atoms with Crippen LogP contribution in [0.2, 0.25) is 0 Å². The van der Waals surface area contributed by atoms with Crippen LogP contribution in [0.5, 0.6) is 0 Å². The van der Waals surface area contributed by atoms with Gasteiger partial charge in [-0.25, -0.2) is 4.98 Å². The Labute approximate surface area is 182 Å². The van der Waals surface area contributed by atoms with E-state index in [0.29, 0.717) is 11.7 Å². The number of nitrogens with one attached hydrogen (secondary N) is 1. The molecule has 5 nitrogen and oxygen atoms in total. The summed E-state index contributed by atoms with van der Waals surface area (Å²) in [6.45, 7) is 9.41. The summed E-state index contributed by atoms with van der Waals surface area (Å²) in [5, 5.41) is 5.61. The summed E-state index contributed by atoms with van der Waals surface area (Å²) in [6, 6.07) is 16.8. The third-order valence-electron chi connectivity index (χ3n) is 5.59. The van der Waals surface area contributed by atoms with Gasteiger partial charge in [-0.05, 0) is 25.0 Å². The maximum Gasteiger partial charge on any atom is 0.240 e. The maximum absolute atomic E-state index is 12.5. The number of hydrogen-bond donors (Lipinski definition) is 1. The molecule has 0 atom stereocenters. The van der Waals surface area contributed by atoms with E-state index in [1.165, 1.54) is 28.0 Å². The summed E-state index contributed by atoms with van der Waals surface area (Å²) in [5.74, 6) is 0.00663. The predicted molar refractivity (Wildman–Crippen MR) is 124 cm³/mol. The van der Waals surface area contributed by atoms with Crippen molar-refractivity contribution in [2.45, 2.75) is 20.4 Å². The first-order chi connectivity index (χ1) is 14.6. The second kappa shape index (κ2) is 9.51. The van der Waals surface area contributed by atoms with Gasteiger partial charge in [0.05, 0.1) is 12.2 Å². The standard InChI is InChI=1S/C24H28N4OS/c1-18-7-9-20(10-8-18)22-17-30-24(25-22)26-23(29)16-28-13-11-27(12-14-28)15-21-6-4-3-5-19(21)2/h3-10,17H,11-16H2,1-2H3,(H,25,26,29). The lowest BCUT2D eigenvalue weighted by atomic mass is 10.1. The molecule has 30 heavy (non-hydrogen) atoms. The number of benzene rings is 2. The monoisotopic (exact) mass is 420 g/mol. The topological polar surface area (TPSA) is 48.5 Å². The minimum atomic E-state index is 0.00663. The van der Waals surface area contributed by atoms with Crippen LogP contribution < -0.4 is 5.32 Å². The molecule has 1 fully saturated rings. The van der Waals surface area contributed by atoms with Crippen molar-refractivity contribution in [1.29, 1.82) is 0 Å². The minimum Gasteiger partial charge on any atom is -0.301 e. The summed E-state index contributed by atoms with van der Waals surface area (Å²) >= 11 is 1.47. The lowest BCUT2D eigenvalue weighted by Crippen LogP contribution is -2.48. The highest BCUT2D eigenvalue weighted by Gasteiger charge is 2.20. The zero-order valence-electron chi connectivity index (χ0n) is 17.6. The molecule has 2 aromatic carbocycles. The summed E-state index contributed by atoms with van der Waals surface area (Å²) < 4.78 is 0. The molecule has 0 unspecified atom stereocenters. The van der Waals surface area contributed by atoms with Gasteiger partial charge in [-0.3, -0.25) is 14.6 Å². The highest BCUT2D eigenvalue weighted by atomic mass is 32.1. The normalized spacial score (nSPS) is 15.3. The van der Waals surface area contributed by atoms with E-state index in [0.717, 1.165) is 44.0 Å². The van der Waals surface area contributed by atoms with E-state index in [2.05, 4.69) is 82.5 Å². The molecule has 156 valence electrons. The van der Waals surface area contributed by atoms with Crippen LogP contribution in [-0.4, -0.2) is 53.4 Å². The highest BCUT2D eigenvalue weighted by Crippen LogP contribution is 2.25. The van der Waals surface area contributed by atoms with Gasteiger partial charge < -0.3 is 5.32 Å².